The second-order valence-corrected chi connectivity index (χ2v) is 5.84. The van der Waals surface area contributed by atoms with Crippen LogP contribution in [-0.4, -0.2) is 11.7 Å². The lowest BCUT2D eigenvalue weighted by Crippen LogP contribution is -2.29. The molecule has 0 aliphatic carbocycles. The highest BCUT2D eigenvalue weighted by molar-refractivity contribution is 6.30. The average Bonchev–Trinajstić information content (AvgIpc) is 2.47. The van der Waals surface area contributed by atoms with Crippen molar-refractivity contribution in [3.63, 3.8) is 0 Å². The minimum atomic E-state index is -1.07. The van der Waals surface area contributed by atoms with E-state index in [1.54, 1.807) is 25.1 Å². The number of ether oxygens (including phenoxy) is 1. The van der Waals surface area contributed by atoms with E-state index in [0.717, 1.165) is 11.1 Å². The van der Waals surface area contributed by atoms with E-state index >= 15 is 0 Å². The highest BCUT2D eigenvalue weighted by Gasteiger charge is 2.24. The highest BCUT2D eigenvalue weighted by Crippen LogP contribution is 2.29. The van der Waals surface area contributed by atoms with E-state index in [1.807, 2.05) is 37.3 Å². The Hall–Kier alpha value is -1.55. The third kappa shape index (κ3) is 3.97. The van der Waals surface area contributed by atoms with Crippen LogP contribution >= 0.6 is 11.6 Å². The molecule has 0 fully saturated rings. The van der Waals surface area contributed by atoms with E-state index in [1.165, 1.54) is 0 Å². The van der Waals surface area contributed by atoms with Crippen molar-refractivity contribution in [3.8, 4) is 5.75 Å². The SMILES string of the molecule is C[C@@H](N)c1cc(Cl)ccc1OCC(C)(O)c1ccccc1. The van der Waals surface area contributed by atoms with Crippen molar-refractivity contribution < 1.29 is 9.84 Å². The molecule has 0 radical (unpaired) electrons. The van der Waals surface area contributed by atoms with Crippen molar-refractivity contribution in [1.29, 1.82) is 0 Å². The minimum Gasteiger partial charge on any atom is -0.490 e. The zero-order valence-electron chi connectivity index (χ0n) is 12.2. The third-order valence-electron chi connectivity index (χ3n) is 3.37. The van der Waals surface area contributed by atoms with Gasteiger partial charge < -0.3 is 15.6 Å². The van der Waals surface area contributed by atoms with Gasteiger partial charge in [0.15, 0.2) is 0 Å². The lowest BCUT2D eigenvalue weighted by molar-refractivity contribution is 0.00722. The largest absolute Gasteiger partial charge is 0.490 e. The first-order chi connectivity index (χ1) is 9.90. The Labute approximate surface area is 130 Å². The molecule has 0 saturated carbocycles. The predicted molar refractivity (Wildman–Crippen MR) is 85.6 cm³/mol. The van der Waals surface area contributed by atoms with Crippen molar-refractivity contribution in [2.45, 2.75) is 25.5 Å². The number of hydrogen-bond acceptors (Lipinski definition) is 3. The second-order valence-electron chi connectivity index (χ2n) is 5.40. The molecule has 3 nitrogen and oxygen atoms in total. The fourth-order valence-corrected chi connectivity index (χ4v) is 2.29. The van der Waals surface area contributed by atoms with Crippen molar-refractivity contribution in [1.82, 2.24) is 0 Å². The molecule has 2 atom stereocenters. The maximum absolute atomic E-state index is 10.5. The Balaban J connectivity index is 2.16. The Morgan fingerprint density at radius 3 is 2.52 bits per heavy atom. The molecule has 2 aromatic carbocycles. The first-order valence-electron chi connectivity index (χ1n) is 6.86. The number of hydrogen-bond donors (Lipinski definition) is 2. The number of aliphatic hydroxyl groups is 1. The van der Waals surface area contributed by atoms with E-state index < -0.39 is 5.60 Å². The summed E-state index contributed by atoms with van der Waals surface area (Å²) in [4.78, 5) is 0. The summed E-state index contributed by atoms with van der Waals surface area (Å²) in [6.07, 6.45) is 0. The molecule has 0 amide bonds. The lowest BCUT2D eigenvalue weighted by Gasteiger charge is -2.25. The second kappa shape index (κ2) is 6.48. The quantitative estimate of drug-likeness (QED) is 0.886. The van der Waals surface area contributed by atoms with Gasteiger partial charge in [-0.05, 0) is 37.6 Å². The van der Waals surface area contributed by atoms with Gasteiger partial charge in [0.1, 0.15) is 18.0 Å². The van der Waals surface area contributed by atoms with E-state index in [0.29, 0.717) is 10.8 Å². The smallest absolute Gasteiger partial charge is 0.124 e. The monoisotopic (exact) mass is 305 g/mol. The van der Waals surface area contributed by atoms with Gasteiger partial charge in [0, 0.05) is 16.6 Å². The van der Waals surface area contributed by atoms with Gasteiger partial charge in [-0.15, -0.1) is 0 Å². The number of halogens is 1. The molecule has 2 aromatic rings. The lowest BCUT2D eigenvalue weighted by atomic mass is 9.97. The highest BCUT2D eigenvalue weighted by atomic mass is 35.5. The number of rotatable bonds is 5. The van der Waals surface area contributed by atoms with E-state index in [-0.39, 0.29) is 12.6 Å². The molecule has 0 saturated heterocycles. The van der Waals surface area contributed by atoms with Gasteiger partial charge in [-0.1, -0.05) is 41.9 Å². The molecule has 4 heteroatoms. The van der Waals surface area contributed by atoms with Crippen LogP contribution in [0.2, 0.25) is 5.02 Å². The third-order valence-corrected chi connectivity index (χ3v) is 3.60. The van der Waals surface area contributed by atoms with Crippen LogP contribution in [0.25, 0.3) is 0 Å². The molecule has 1 unspecified atom stereocenters. The van der Waals surface area contributed by atoms with Gasteiger partial charge in [0.25, 0.3) is 0 Å². The molecule has 0 bridgehead atoms. The van der Waals surface area contributed by atoms with Crippen LogP contribution in [0.5, 0.6) is 5.75 Å². The van der Waals surface area contributed by atoms with Crippen molar-refractivity contribution in [2.24, 2.45) is 5.73 Å². The standard InChI is InChI=1S/C17H20ClNO2/c1-12(19)15-10-14(18)8-9-16(15)21-11-17(2,20)13-6-4-3-5-7-13/h3-10,12,20H,11,19H2,1-2H3/t12-,17?/m1/s1. The molecule has 2 rings (SSSR count). The van der Waals surface area contributed by atoms with Gasteiger partial charge in [-0.2, -0.15) is 0 Å². The molecule has 0 aromatic heterocycles. The van der Waals surface area contributed by atoms with Crippen LogP contribution in [0.3, 0.4) is 0 Å². The molecular weight excluding hydrogens is 286 g/mol. The summed E-state index contributed by atoms with van der Waals surface area (Å²) in [6, 6.07) is 14.6. The summed E-state index contributed by atoms with van der Waals surface area (Å²) in [6.45, 7) is 3.73. The summed E-state index contributed by atoms with van der Waals surface area (Å²) >= 11 is 5.99. The Morgan fingerprint density at radius 2 is 1.90 bits per heavy atom. The van der Waals surface area contributed by atoms with Crippen molar-refractivity contribution in [3.05, 3.63) is 64.7 Å². The minimum absolute atomic E-state index is 0.137. The molecule has 0 heterocycles. The zero-order valence-corrected chi connectivity index (χ0v) is 13.0. The predicted octanol–water partition coefficient (Wildman–Crippen LogP) is 3.65. The van der Waals surface area contributed by atoms with Crippen LogP contribution in [0.4, 0.5) is 0 Å². The Bertz CT molecular complexity index is 597. The van der Waals surface area contributed by atoms with Crippen molar-refractivity contribution >= 4 is 11.6 Å². The van der Waals surface area contributed by atoms with Gasteiger partial charge in [0.2, 0.25) is 0 Å². The summed E-state index contributed by atoms with van der Waals surface area (Å²) in [7, 11) is 0. The van der Waals surface area contributed by atoms with Gasteiger partial charge in [-0.25, -0.2) is 0 Å². The topological polar surface area (TPSA) is 55.5 Å². The molecule has 0 aliphatic rings. The average molecular weight is 306 g/mol. The van der Waals surface area contributed by atoms with E-state index in [9.17, 15) is 5.11 Å². The van der Waals surface area contributed by atoms with Crippen LogP contribution in [0.1, 0.15) is 31.0 Å². The van der Waals surface area contributed by atoms with Gasteiger partial charge in [0.05, 0.1) is 0 Å². The Kier molecular flexibility index (Phi) is 4.88. The molecule has 21 heavy (non-hydrogen) atoms. The summed E-state index contributed by atoms with van der Waals surface area (Å²) in [5.74, 6) is 0.644. The normalized spacial score (nSPS) is 15.3. The van der Waals surface area contributed by atoms with Crippen LogP contribution in [-0.2, 0) is 5.60 Å². The molecule has 3 N–H and O–H groups in total. The summed E-state index contributed by atoms with van der Waals surface area (Å²) in [5, 5.41) is 11.2. The van der Waals surface area contributed by atoms with Crippen molar-refractivity contribution in [2.75, 3.05) is 6.61 Å². The van der Waals surface area contributed by atoms with E-state index in [2.05, 4.69) is 0 Å². The van der Waals surface area contributed by atoms with Crippen LogP contribution in [0, 0.1) is 0 Å². The van der Waals surface area contributed by atoms with Gasteiger partial charge >= 0.3 is 0 Å². The number of nitrogens with two attached hydrogens (primary N) is 1. The fourth-order valence-electron chi connectivity index (χ4n) is 2.11. The van der Waals surface area contributed by atoms with E-state index in [4.69, 9.17) is 22.1 Å². The first-order valence-corrected chi connectivity index (χ1v) is 7.23. The summed E-state index contributed by atoms with van der Waals surface area (Å²) < 4.78 is 5.78. The molecule has 112 valence electrons. The maximum atomic E-state index is 10.5. The Morgan fingerprint density at radius 1 is 1.24 bits per heavy atom. The zero-order chi connectivity index (χ0) is 15.5. The maximum Gasteiger partial charge on any atom is 0.124 e. The summed E-state index contributed by atoms with van der Waals surface area (Å²) in [5.41, 5.74) is 6.49. The molecule has 0 aliphatic heterocycles. The first kappa shape index (κ1) is 15.8. The van der Waals surface area contributed by atoms with Crippen LogP contribution < -0.4 is 10.5 Å². The van der Waals surface area contributed by atoms with Gasteiger partial charge in [-0.3, -0.25) is 0 Å². The fraction of sp³-hybridized carbons (Fsp3) is 0.294. The molecular formula is C17H20ClNO2. The molecule has 0 spiro atoms. The van der Waals surface area contributed by atoms with Crippen LogP contribution in [0.15, 0.2) is 48.5 Å². The number of benzene rings is 2.